The number of ether oxygens (including phenoxy) is 2. The van der Waals surface area contributed by atoms with Crippen LogP contribution in [0.3, 0.4) is 0 Å². The van der Waals surface area contributed by atoms with Gasteiger partial charge in [0.25, 0.3) is 0 Å². The van der Waals surface area contributed by atoms with E-state index in [0.717, 1.165) is 62.9 Å². The van der Waals surface area contributed by atoms with Crippen LogP contribution in [0.1, 0.15) is 63.9 Å². The topological polar surface area (TPSA) is 126 Å². The first-order chi connectivity index (χ1) is 18.9. The summed E-state index contributed by atoms with van der Waals surface area (Å²) in [7, 11) is 0. The van der Waals surface area contributed by atoms with E-state index in [9.17, 15) is 9.59 Å². The number of hydrogen-bond acceptors (Lipinski definition) is 9. The molecule has 2 atom stereocenters. The number of aromatic nitrogens is 4. The Hall–Kier alpha value is -2.86. The Morgan fingerprint density at radius 2 is 1.79 bits per heavy atom. The van der Waals surface area contributed by atoms with Crippen LogP contribution in [0.2, 0.25) is 0 Å². The van der Waals surface area contributed by atoms with E-state index in [4.69, 9.17) is 31.0 Å². The molecule has 12 nitrogen and oxygen atoms in total. The smallest absolute Gasteiger partial charge is 0.410 e. The van der Waals surface area contributed by atoms with Gasteiger partial charge in [0.15, 0.2) is 5.65 Å². The van der Waals surface area contributed by atoms with Crippen molar-refractivity contribution in [3.05, 3.63) is 11.8 Å². The monoisotopic (exact) mass is 560 g/mol. The molecule has 2 N–H and O–H groups in total. The van der Waals surface area contributed by atoms with E-state index in [1.165, 1.54) is 0 Å². The number of rotatable bonds is 7. The molecule has 0 aromatic carbocycles. The molecule has 0 saturated carbocycles. The zero-order valence-electron chi connectivity index (χ0n) is 22.5. The molecule has 4 fully saturated rings. The van der Waals surface area contributed by atoms with Crippen LogP contribution in [0.15, 0.2) is 6.20 Å². The summed E-state index contributed by atoms with van der Waals surface area (Å²) in [6.07, 6.45) is 6.71. The summed E-state index contributed by atoms with van der Waals surface area (Å²) in [5, 5.41) is 11.8. The molecular weight excluding hydrogens is 524 g/mol. The van der Waals surface area contributed by atoms with Gasteiger partial charge in [-0.15, -0.1) is 11.6 Å². The van der Waals surface area contributed by atoms with Crippen molar-refractivity contribution in [2.75, 3.05) is 42.8 Å². The number of nitrogens with one attached hydrogen (secondary N) is 2. The second-order valence-electron chi connectivity index (χ2n) is 11.4. The summed E-state index contributed by atoms with van der Waals surface area (Å²) in [6, 6.07) is 0.638. The van der Waals surface area contributed by atoms with Gasteiger partial charge in [0.1, 0.15) is 12.0 Å². The maximum absolute atomic E-state index is 13.1. The maximum atomic E-state index is 13.1. The molecule has 0 radical (unpaired) electrons. The van der Waals surface area contributed by atoms with Gasteiger partial charge < -0.3 is 29.9 Å². The number of likely N-dealkylation sites (tertiary alicyclic amines) is 1. The lowest BCUT2D eigenvalue weighted by Crippen LogP contribution is -2.58. The Morgan fingerprint density at radius 3 is 2.46 bits per heavy atom. The highest BCUT2D eigenvalue weighted by atomic mass is 35.5. The van der Waals surface area contributed by atoms with Crippen molar-refractivity contribution in [2.24, 2.45) is 0 Å². The van der Waals surface area contributed by atoms with Crippen LogP contribution in [-0.2, 0) is 14.3 Å². The number of alkyl halides is 1. The lowest BCUT2D eigenvalue weighted by atomic mass is 9.98. The highest BCUT2D eigenvalue weighted by Gasteiger charge is 2.46. The Labute approximate surface area is 232 Å². The Balaban J connectivity index is 1.14. The fourth-order valence-corrected chi connectivity index (χ4v) is 6.43. The van der Waals surface area contributed by atoms with Crippen molar-refractivity contribution in [2.45, 2.75) is 88.6 Å². The fourth-order valence-electron chi connectivity index (χ4n) is 6.26. The summed E-state index contributed by atoms with van der Waals surface area (Å²) in [6.45, 7) is 6.59. The molecule has 13 heteroatoms. The van der Waals surface area contributed by atoms with Crippen LogP contribution in [0.25, 0.3) is 5.65 Å². The van der Waals surface area contributed by atoms with E-state index in [-0.39, 0.29) is 54.1 Å². The maximum Gasteiger partial charge on any atom is 0.410 e. The van der Waals surface area contributed by atoms with Gasteiger partial charge in [-0.2, -0.15) is 19.6 Å². The predicted octanol–water partition coefficient (Wildman–Crippen LogP) is 2.83. The number of amides is 2. The first-order valence-electron chi connectivity index (χ1n) is 14.1. The van der Waals surface area contributed by atoms with Gasteiger partial charge in [0.05, 0.1) is 19.3 Å². The molecule has 39 heavy (non-hydrogen) atoms. The number of piperidine rings is 1. The highest BCUT2D eigenvalue weighted by Crippen LogP contribution is 2.38. The molecule has 6 rings (SSSR count). The molecule has 2 unspecified atom stereocenters. The van der Waals surface area contributed by atoms with Crippen molar-refractivity contribution in [3.63, 3.8) is 0 Å². The van der Waals surface area contributed by atoms with Crippen molar-refractivity contribution < 1.29 is 19.1 Å². The molecule has 2 bridgehead atoms. The minimum absolute atomic E-state index is 0.0472. The average Bonchev–Trinajstić information content (AvgIpc) is 3.45. The van der Waals surface area contributed by atoms with Gasteiger partial charge in [-0.3, -0.25) is 4.79 Å². The third kappa shape index (κ3) is 5.32. The molecule has 0 spiro atoms. The van der Waals surface area contributed by atoms with E-state index in [0.29, 0.717) is 25.0 Å². The minimum Gasteiger partial charge on any atom is -0.442 e. The third-order valence-electron chi connectivity index (χ3n) is 8.43. The molecule has 2 aromatic heterocycles. The lowest BCUT2D eigenvalue weighted by Gasteiger charge is -2.42. The van der Waals surface area contributed by atoms with E-state index < -0.39 is 0 Å². The van der Waals surface area contributed by atoms with E-state index in [1.54, 1.807) is 9.42 Å². The average molecular weight is 561 g/mol. The third-order valence-corrected chi connectivity index (χ3v) is 8.66. The van der Waals surface area contributed by atoms with Gasteiger partial charge in [-0.05, 0) is 44.4 Å². The highest BCUT2D eigenvalue weighted by molar-refractivity contribution is 6.27. The molecule has 212 valence electrons. The Bertz CT molecular complexity index is 1200. The number of halogens is 1. The van der Waals surface area contributed by atoms with Crippen LogP contribution < -0.4 is 10.6 Å². The molecule has 2 amide bonds. The predicted molar refractivity (Wildman–Crippen MR) is 145 cm³/mol. The normalized spacial score (nSPS) is 25.7. The first-order valence-corrected chi connectivity index (χ1v) is 14.6. The quantitative estimate of drug-likeness (QED) is 0.491. The van der Waals surface area contributed by atoms with E-state index in [1.807, 2.05) is 11.1 Å². The molecule has 4 aliphatic heterocycles. The SMILES string of the molecule is CC(C)c1cnn2c(NC3CC4CCC(C3)N4C(=O)OC3CN(C(=O)CCl)C3)nc(NC3CCOCC3)nc12. The zero-order valence-corrected chi connectivity index (χ0v) is 23.3. The van der Waals surface area contributed by atoms with Gasteiger partial charge in [0.2, 0.25) is 17.8 Å². The number of anilines is 2. The molecule has 4 saturated heterocycles. The second-order valence-corrected chi connectivity index (χ2v) is 11.7. The summed E-state index contributed by atoms with van der Waals surface area (Å²) >= 11 is 5.62. The fraction of sp³-hybridized carbons (Fsp3) is 0.731. The minimum atomic E-state index is -0.273. The van der Waals surface area contributed by atoms with Crippen molar-refractivity contribution >= 4 is 41.1 Å². The van der Waals surface area contributed by atoms with E-state index >= 15 is 0 Å². The standard InChI is InChI=1S/C26H37ClN8O4/c1-15(2)21-12-28-35-23(21)31-24(29-16-5-7-38-8-6-16)32-25(35)30-17-9-18-3-4-19(10-17)34(18)26(37)39-20-13-33(14-20)22(36)11-27/h12,15-20H,3-11,13-14H2,1-2H3,(H2,29,30,31,32). The molecule has 4 aliphatic rings. The number of nitrogens with zero attached hydrogens (tertiary/aromatic N) is 6. The van der Waals surface area contributed by atoms with E-state index in [2.05, 4.69) is 29.6 Å². The zero-order chi connectivity index (χ0) is 27.1. The Kier molecular flexibility index (Phi) is 7.41. The first kappa shape index (κ1) is 26.4. The summed E-state index contributed by atoms with van der Waals surface area (Å²) < 4.78 is 13.0. The number of hydrogen-bond donors (Lipinski definition) is 2. The number of fused-ring (bicyclic) bond motifs is 3. The number of carbonyl (C=O) groups is 2. The van der Waals surface area contributed by atoms with Crippen LogP contribution in [-0.4, -0.2) is 104 Å². The molecular formula is C26H37ClN8O4. The van der Waals surface area contributed by atoms with Crippen molar-refractivity contribution in [1.82, 2.24) is 29.4 Å². The van der Waals surface area contributed by atoms with Crippen LogP contribution in [0.4, 0.5) is 16.7 Å². The number of carbonyl (C=O) groups excluding carboxylic acids is 2. The van der Waals surface area contributed by atoms with Crippen molar-refractivity contribution in [1.29, 1.82) is 0 Å². The van der Waals surface area contributed by atoms with Crippen LogP contribution in [0.5, 0.6) is 0 Å². The molecule has 0 aliphatic carbocycles. The second kappa shape index (κ2) is 11.0. The van der Waals surface area contributed by atoms with Crippen LogP contribution >= 0.6 is 11.6 Å². The molecule has 6 heterocycles. The molecule has 2 aromatic rings. The van der Waals surface area contributed by atoms with Gasteiger partial charge in [-0.25, -0.2) is 4.79 Å². The summed E-state index contributed by atoms with van der Waals surface area (Å²) in [5.41, 5.74) is 1.89. The largest absolute Gasteiger partial charge is 0.442 e. The lowest BCUT2D eigenvalue weighted by molar-refractivity contribution is -0.139. The summed E-state index contributed by atoms with van der Waals surface area (Å²) in [5.74, 6) is 1.38. The van der Waals surface area contributed by atoms with Crippen LogP contribution in [0, 0.1) is 0 Å². The Morgan fingerprint density at radius 1 is 1.08 bits per heavy atom. The summed E-state index contributed by atoms with van der Waals surface area (Å²) in [4.78, 5) is 38.0. The van der Waals surface area contributed by atoms with Gasteiger partial charge in [0, 0.05) is 42.9 Å². The van der Waals surface area contributed by atoms with Crippen molar-refractivity contribution in [3.8, 4) is 0 Å². The van der Waals surface area contributed by atoms with Gasteiger partial charge in [-0.1, -0.05) is 13.8 Å². The van der Waals surface area contributed by atoms with Gasteiger partial charge >= 0.3 is 6.09 Å².